The van der Waals surface area contributed by atoms with Gasteiger partial charge >= 0.3 is 6.09 Å². The van der Waals surface area contributed by atoms with Crippen molar-refractivity contribution >= 4 is 49.9 Å². The molecule has 1 aliphatic rings. The third-order valence-electron chi connectivity index (χ3n) is 8.33. The number of methoxy groups -OCH3 is 2. The molecule has 0 spiro atoms. The normalized spacial score (nSPS) is 14.4. The molecule has 0 aliphatic carbocycles. The minimum atomic E-state index is -4.46. The van der Waals surface area contributed by atoms with Crippen molar-refractivity contribution in [2.24, 2.45) is 0 Å². The van der Waals surface area contributed by atoms with E-state index in [1.807, 2.05) is 19.1 Å². The van der Waals surface area contributed by atoms with Crippen LogP contribution in [0.15, 0.2) is 64.4 Å². The van der Waals surface area contributed by atoms with Gasteiger partial charge in [-0.05, 0) is 62.5 Å². The van der Waals surface area contributed by atoms with Crippen molar-refractivity contribution < 1.29 is 45.7 Å². The van der Waals surface area contributed by atoms with Crippen LogP contribution in [0.3, 0.4) is 0 Å². The Morgan fingerprint density at radius 1 is 0.885 bits per heavy atom. The number of benzene rings is 3. The zero-order chi connectivity index (χ0) is 37.4. The van der Waals surface area contributed by atoms with Crippen molar-refractivity contribution in [3.63, 3.8) is 0 Å². The molecule has 2 heterocycles. The first kappa shape index (κ1) is 38.5. The lowest BCUT2D eigenvalue weighted by atomic mass is 10.1. The number of nitrogens with zero attached hydrogens (tertiary/aromatic N) is 4. The Labute approximate surface area is 300 Å². The molecule has 52 heavy (non-hydrogen) atoms. The van der Waals surface area contributed by atoms with Crippen LogP contribution in [0.1, 0.15) is 17.3 Å². The largest absolute Gasteiger partial charge is 0.445 e. The number of sulfone groups is 1. The number of carbonyl (C=O) groups is 2. The topological polar surface area (TPSA) is 154 Å². The standard InChI is InChI=1S/C35H42F2N6O8S/c1-23(22-49-4)38-31-20-26(42-11-9-41(2)10-12-42)5-7-29(31)34(44)39-33-30-21-27(52(46,47)28-18-24(36)17-25(37)19-28)6-8-32(30)43(40-33)35(45)51-16-15-50-14-13-48-3/h5-8,17-21,23,38H,9-16,22H2,1-4H3,(H,39,40,44)/t23-/m1/s1. The van der Waals surface area contributed by atoms with E-state index in [1.54, 1.807) is 13.2 Å². The summed E-state index contributed by atoms with van der Waals surface area (Å²) in [7, 11) is 0.709. The summed E-state index contributed by atoms with van der Waals surface area (Å²) in [5.41, 5.74) is 1.79. The summed E-state index contributed by atoms with van der Waals surface area (Å²) in [6.07, 6.45) is -0.920. The molecule has 17 heteroatoms. The molecule has 280 valence electrons. The van der Waals surface area contributed by atoms with Crippen LogP contribution < -0.4 is 15.5 Å². The Bertz CT molecular complexity index is 1980. The van der Waals surface area contributed by atoms with Crippen LogP contribution in [-0.4, -0.2) is 122 Å². The number of anilines is 3. The Morgan fingerprint density at radius 3 is 2.29 bits per heavy atom. The fraction of sp³-hybridized carbons (Fsp3) is 0.400. The molecule has 1 amide bonds. The van der Waals surface area contributed by atoms with Gasteiger partial charge in [-0.2, -0.15) is 4.68 Å². The Kier molecular flexibility index (Phi) is 12.8. The Balaban J connectivity index is 1.51. The van der Waals surface area contributed by atoms with Gasteiger partial charge in [0.05, 0.1) is 47.3 Å². The lowest BCUT2D eigenvalue weighted by molar-refractivity contribution is 0.0420. The highest BCUT2D eigenvalue weighted by Gasteiger charge is 2.26. The molecule has 0 radical (unpaired) electrons. The molecule has 3 aromatic carbocycles. The number of ether oxygens (including phenoxy) is 4. The van der Waals surface area contributed by atoms with E-state index in [0.29, 0.717) is 43.7 Å². The third kappa shape index (κ3) is 9.21. The van der Waals surface area contributed by atoms with E-state index < -0.39 is 38.4 Å². The van der Waals surface area contributed by atoms with Gasteiger partial charge in [-0.25, -0.2) is 22.0 Å². The van der Waals surface area contributed by atoms with Gasteiger partial charge in [0.2, 0.25) is 9.84 Å². The summed E-state index contributed by atoms with van der Waals surface area (Å²) >= 11 is 0. The minimum absolute atomic E-state index is 0.0518. The number of hydrogen-bond acceptors (Lipinski definition) is 12. The maximum absolute atomic E-state index is 14.0. The van der Waals surface area contributed by atoms with E-state index in [0.717, 1.165) is 36.5 Å². The van der Waals surface area contributed by atoms with Gasteiger partial charge in [-0.15, -0.1) is 5.10 Å². The summed E-state index contributed by atoms with van der Waals surface area (Å²) in [5.74, 6) is -2.91. The molecular weight excluding hydrogens is 702 g/mol. The van der Waals surface area contributed by atoms with Crippen molar-refractivity contribution in [3.05, 3.63) is 71.8 Å². The molecule has 1 fully saturated rings. The van der Waals surface area contributed by atoms with E-state index in [9.17, 15) is 26.8 Å². The predicted octanol–water partition coefficient (Wildman–Crippen LogP) is 4.25. The molecule has 0 unspecified atom stereocenters. The molecule has 5 rings (SSSR count). The van der Waals surface area contributed by atoms with Gasteiger partial charge in [-0.3, -0.25) is 4.79 Å². The molecular formula is C35H42F2N6O8S. The van der Waals surface area contributed by atoms with Crippen LogP contribution in [-0.2, 0) is 28.8 Å². The van der Waals surface area contributed by atoms with E-state index in [1.165, 1.54) is 25.3 Å². The van der Waals surface area contributed by atoms with Gasteiger partial charge in [0.15, 0.2) is 5.82 Å². The second kappa shape index (κ2) is 17.2. The maximum Gasteiger partial charge on any atom is 0.435 e. The number of fused-ring (bicyclic) bond motifs is 1. The van der Waals surface area contributed by atoms with Gasteiger partial charge < -0.3 is 39.4 Å². The average molecular weight is 745 g/mol. The van der Waals surface area contributed by atoms with E-state index in [2.05, 4.69) is 32.6 Å². The first-order valence-electron chi connectivity index (χ1n) is 16.5. The van der Waals surface area contributed by atoms with E-state index >= 15 is 0 Å². The van der Waals surface area contributed by atoms with Gasteiger partial charge in [0, 0.05) is 69.3 Å². The minimum Gasteiger partial charge on any atom is -0.445 e. The van der Waals surface area contributed by atoms with Gasteiger partial charge in [0.1, 0.15) is 18.2 Å². The molecule has 1 aromatic heterocycles. The molecule has 0 bridgehead atoms. The number of amides is 1. The molecule has 1 saturated heterocycles. The number of piperazine rings is 1. The molecule has 1 aliphatic heterocycles. The van der Waals surface area contributed by atoms with Gasteiger partial charge in [0.25, 0.3) is 5.91 Å². The quantitative estimate of drug-likeness (QED) is 0.168. The highest BCUT2D eigenvalue weighted by atomic mass is 32.2. The van der Waals surface area contributed by atoms with Crippen molar-refractivity contribution in [2.45, 2.75) is 22.8 Å². The summed E-state index contributed by atoms with van der Waals surface area (Å²) < 4.78 is 76.9. The van der Waals surface area contributed by atoms with Crippen LogP contribution in [0.2, 0.25) is 0 Å². The molecule has 0 saturated carbocycles. The summed E-state index contributed by atoms with van der Waals surface area (Å²) in [6.45, 7) is 6.25. The fourth-order valence-electron chi connectivity index (χ4n) is 5.65. The third-order valence-corrected chi connectivity index (χ3v) is 10.1. The number of halogens is 2. The monoisotopic (exact) mass is 744 g/mol. The van der Waals surface area contributed by atoms with Crippen LogP contribution in [0, 0.1) is 11.6 Å². The number of likely N-dealkylation sites (N-methyl/N-ethyl adjacent to an activating group) is 1. The lowest BCUT2D eigenvalue weighted by Crippen LogP contribution is -2.44. The first-order chi connectivity index (χ1) is 24.9. The number of rotatable bonds is 15. The Hall–Kier alpha value is -4.68. The Morgan fingerprint density at radius 2 is 1.60 bits per heavy atom. The van der Waals surface area contributed by atoms with Gasteiger partial charge in [-0.1, -0.05) is 0 Å². The fourth-order valence-corrected chi connectivity index (χ4v) is 6.98. The lowest BCUT2D eigenvalue weighted by Gasteiger charge is -2.34. The summed E-state index contributed by atoms with van der Waals surface area (Å²) in [4.78, 5) is 30.7. The van der Waals surface area contributed by atoms with Crippen molar-refractivity contribution in [2.75, 3.05) is 96.0 Å². The molecule has 14 nitrogen and oxygen atoms in total. The molecule has 4 aromatic rings. The zero-order valence-electron chi connectivity index (χ0n) is 29.4. The summed E-state index contributed by atoms with van der Waals surface area (Å²) in [6, 6.07) is 10.8. The SMILES string of the molecule is COCCOCCOC(=O)n1nc(NC(=O)c2ccc(N3CCN(C)CC3)cc2N[C@H](C)COC)c2cc(S(=O)(=O)c3cc(F)cc(F)c3)ccc21. The summed E-state index contributed by atoms with van der Waals surface area (Å²) in [5, 5.41) is 10.4. The first-order valence-corrected chi connectivity index (χ1v) is 18.0. The zero-order valence-corrected chi connectivity index (χ0v) is 30.2. The maximum atomic E-state index is 14.0. The molecule has 2 N–H and O–H groups in total. The van der Waals surface area contributed by atoms with Crippen molar-refractivity contribution in [1.29, 1.82) is 0 Å². The van der Waals surface area contributed by atoms with E-state index in [4.69, 9.17) is 18.9 Å². The second-order valence-corrected chi connectivity index (χ2v) is 14.2. The second-order valence-electron chi connectivity index (χ2n) is 12.2. The van der Waals surface area contributed by atoms with Crippen LogP contribution in [0.25, 0.3) is 10.9 Å². The average Bonchev–Trinajstić information content (AvgIpc) is 3.47. The van der Waals surface area contributed by atoms with Crippen molar-refractivity contribution in [1.82, 2.24) is 14.7 Å². The van der Waals surface area contributed by atoms with Crippen LogP contribution in [0.5, 0.6) is 0 Å². The highest BCUT2D eigenvalue weighted by molar-refractivity contribution is 7.91. The van der Waals surface area contributed by atoms with Crippen molar-refractivity contribution in [3.8, 4) is 0 Å². The predicted molar refractivity (Wildman–Crippen MR) is 190 cm³/mol. The number of nitrogens with one attached hydrogen (secondary N) is 2. The van der Waals surface area contributed by atoms with Crippen LogP contribution >= 0.6 is 0 Å². The van der Waals surface area contributed by atoms with Crippen LogP contribution in [0.4, 0.5) is 30.8 Å². The molecule has 1 atom stereocenters. The number of carbonyl (C=O) groups excluding carboxylic acids is 2. The number of hydrogen-bond donors (Lipinski definition) is 2. The van der Waals surface area contributed by atoms with E-state index in [-0.39, 0.29) is 46.4 Å². The highest BCUT2D eigenvalue weighted by Crippen LogP contribution is 2.32. The smallest absolute Gasteiger partial charge is 0.435 e. The number of aromatic nitrogens is 2.